The van der Waals surface area contributed by atoms with Crippen LogP contribution in [0.25, 0.3) is 0 Å². The van der Waals surface area contributed by atoms with E-state index in [-0.39, 0.29) is 37.6 Å². The molecule has 7 nitrogen and oxygen atoms in total. The lowest BCUT2D eigenvalue weighted by Crippen LogP contribution is -2.33. The van der Waals surface area contributed by atoms with Crippen molar-refractivity contribution in [2.45, 2.75) is 44.0 Å². The maximum Gasteiger partial charge on any atom is 0.264 e. The van der Waals surface area contributed by atoms with E-state index >= 15 is 0 Å². The smallest absolute Gasteiger partial charge is 0.264 e. The number of halogens is 1. The molecule has 31 heavy (non-hydrogen) atoms. The normalized spacial score (nSPS) is 21.7. The fraction of sp³-hybridized carbons (Fsp3) is 0.455. The van der Waals surface area contributed by atoms with E-state index in [0.29, 0.717) is 30.0 Å². The van der Waals surface area contributed by atoms with Gasteiger partial charge < -0.3 is 19.7 Å². The maximum atomic E-state index is 10.7. The summed E-state index contributed by atoms with van der Waals surface area (Å²) in [4.78, 5) is 0. The van der Waals surface area contributed by atoms with Crippen molar-refractivity contribution in [2.75, 3.05) is 19.0 Å². The summed E-state index contributed by atoms with van der Waals surface area (Å²) in [6.07, 6.45) is 0.513. The summed E-state index contributed by atoms with van der Waals surface area (Å²) >= 11 is 6.40. The molecule has 0 aromatic heterocycles. The Balaban J connectivity index is 1.62. The molecular weight excluding hydrogens is 444 g/mol. The van der Waals surface area contributed by atoms with Crippen molar-refractivity contribution in [1.29, 1.82) is 0 Å². The zero-order valence-corrected chi connectivity index (χ0v) is 18.6. The summed E-state index contributed by atoms with van der Waals surface area (Å²) in [6.45, 7) is 0.0628. The third-order valence-electron chi connectivity index (χ3n) is 5.16. The number of hydrogen-bond donors (Lipinski definition) is 3. The molecule has 0 aliphatic carbocycles. The third kappa shape index (κ3) is 7.45. The molecule has 0 saturated carbocycles. The Morgan fingerprint density at radius 3 is 2.55 bits per heavy atom. The molecule has 0 radical (unpaired) electrons. The zero-order valence-electron chi connectivity index (χ0n) is 17.0. The summed E-state index contributed by atoms with van der Waals surface area (Å²) in [5.74, 6) is 0.277. The van der Waals surface area contributed by atoms with E-state index < -0.39 is 16.2 Å². The highest BCUT2D eigenvalue weighted by molar-refractivity contribution is 7.85. The largest absolute Gasteiger partial charge is 0.494 e. The fourth-order valence-electron chi connectivity index (χ4n) is 3.61. The van der Waals surface area contributed by atoms with Crippen LogP contribution in [0.4, 0.5) is 0 Å². The lowest BCUT2D eigenvalue weighted by Gasteiger charge is -2.32. The van der Waals surface area contributed by atoms with Gasteiger partial charge in [-0.15, -0.1) is 0 Å². The number of aliphatic hydroxyl groups excluding tert-OH is 2. The molecule has 2 aromatic rings. The molecule has 3 rings (SSSR count). The Bertz CT molecular complexity index is 962. The highest BCUT2D eigenvalue weighted by atomic mass is 35.5. The van der Waals surface area contributed by atoms with Crippen LogP contribution in [0.15, 0.2) is 42.5 Å². The Kier molecular flexibility index (Phi) is 8.32. The lowest BCUT2D eigenvalue weighted by molar-refractivity contribution is -0.113. The van der Waals surface area contributed by atoms with Crippen molar-refractivity contribution in [3.05, 3.63) is 64.2 Å². The van der Waals surface area contributed by atoms with Crippen molar-refractivity contribution >= 4 is 21.7 Å². The number of rotatable bonds is 9. The van der Waals surface area contributed by atoms with Crippen LogP contribution in [0, 0.1) is 0 Å². The van der Waals surface area contributed by atoms with Crippen LogP contribution in [0.1, 0.15) is 42.1 Å². The van der Waals surface area contributed by atoms with Crippen LogP contribution in [0.5, 0.6) is 5.75 Å². The SMILES string of the molecule is O=S(=O)(O)CCCOc1ccc(Cc2cc([C@H]3C[C@@H](O)C[C@@H](CO)O3)ccc2Cl)cc1. The minimum atomic E-state index is -3.97. The van der Waals surface area contributed by atoms with Crippen LogP contribution < -0.4 is 4.74 Å². The van der Waals surface area contributed by atoms with E-state index in [4.69, 9.17) is 25.6 Å². The standard InChI is InChI=1S/C22H27ClO7S/c23-21-7-4-16(22-13-18(25)12-20(14-24)30-22)11-17(21)10-15-2-5-19(6-3-15)29-8-1-9-31(26,27)28/h2-7,11,18,20,22,24-25H,1,8-10,12-14H2,(H,26,27,28)/t18-,20-,22+/m0/s1. The molecule has 3 N–H and O–H groups in total. The van der Waals surface area contributed by atoms with E-state index in [9.17, 15) is 18.6 Å². The number of aliphatic hydroxyl groups is 2. The molecule has 1 aliphatic heterocycles. The average Bonchev–Trinajstić information content (AvgIpc) is 2.72. The fourth-order valence-corrected chi connectivity index (χ4v) is 4.27. The molecule has 0 spiro atoms. The second-order valence-corrected chi connectivity index (χ2v) is 9.69. The molecule has 2 aromatic carbocycles. The summed E-state index contributed by atoms with van der Waals surface area (Å²) in [5.41, 5.74) is 2.85. The Hall–Kier alpha value is -1.68. The van der Waals surface area contributed by atoms with E-state index in [1.54, 1.807) is 12.1 Å². The lowest BCUT2D eigenvalue weighted by atomic mass is 9.94. The molecule has 0 unspecified atom stereocenters. The molecule has 170 valence electrons. The third-order valence-corrected chi connectivity index (χ3v) is 6.33. The van der Waals surface area contributed by atoms with Crippen LogP contribution in [0.3, 0.4) is 0 Å². The monoisotopic (exact) mass is 470 g/mol. The van der Waals surface area contributed by atoms with Gasteiger partial charge in [-0.1, -0.05) is 35.9 Å². The number of benzene rings is 2. The zero-order chi connectivity index (χ0) is 22.4. The maximum absolute atomic E-state index is 10.7. The van der Waals surface area contributed by atoms with E-state index in [1.165, 1.54) is 0 Å². The quantitative estimate of drug-likeness (QED) is 0.381. The van der Waals surface area contributed by atoms with Gasteiger partial charge in [-0.25, -0.2) is 0 Å². The van der Waals surface area contributed by atoms with Gasteiger partial charge in [0.2, 0.25) is 0 Å². The van der Waals surface area contributed by atoms with Crippen molar-refractivity contribution in [3.63, 3.8) is 0 Å². The molecule has 1 aliphatic rings. The van der Waals surface area contributed by atoms with Gasteiger partial charge in [0.25, 0.3) is 10.1 Å². The minimum absolute atomic E-state index is 0.127. The van der Waals surface area contributed by atoms with Crippen LogP contribution in [-0.4, -0.2) is 54.4 Å². The first-order chi connectivity index (χ1) is 14.7. The number of ether oxygens (including phenoxy) is 2. The van der Waals surface area contributed by atoms with E-state index in [0.717, 1.165) is 16.7 Å². The highest BCUT2D eigenvalue weighted by Gasteiger charge is 2.29. The average molecular weight is 471 g/mol. The molecule has 1 heterocycles. The van der Waals surface area contributed by atoms with Crippen molar-refractivity contribution in [2.24, 2.45) is 0 Å². The minimum Gasteiger partial charge on any atom is -0.494 e. The Labute approximate surface area is 187 Å². The molecule has 9 heteroatoms. The molecule has 0 amide bonds. The van der Waals surface area contributed by atoms with E-state index in [1.807, 2.05) is 30.3 Å². The van der Waals surface area contributed by atoms with Gasteiger partial charge in [-0.05, 0) is 47.7 Å². The molecule has 3 atom stereocenters. The molecule has 1 saturated heterocycles. The molecule has 0 bridgehead atoms. The van der Waals surface area contributed by atoms with Crippen molar-refractivity contribution in [1.82, 2.24) is 0 Å². The van der Waals surface area contributed by atoms with Crippen LogP contribution in [0.2, 0.25) is 5.02 Å². The summed E-state index contributed by atoms with van der Waals surface area (Å²) in [6, 6.07) is 13.1. The Morgan fingerprint density at radius 2 is 1.87 bits per heavy atom. The highest BCUT2D eigenvalue weighted by Crippen LogP contribution is 2.33. The van der Waals surface area contributed by atoms with Gasteiger partial charge in [0.1, 0.15) is 5.75 Å². The summed E-state index contributed by atoms with van der Waals surface area (Å²) in [7, 11) is -3.97. The van der Waals surface area contributed by atoms with Gasteiger partial charge in [-0.2, -0.15) is 8.42 Å². The number of hydrogen-bond acceptors (Lipinski definition) is 6. The predicted octanol–water partition coefficient (Wildman–Crippen LogP) is 3.16. The van der Waals surface area contributed by atoms with Crippen LogP contribution in [-0.2, 0) is 21.3 Å². The van der Waals surface area contributed by atoms with Gasteiger partial charge in [0.15, 0.2) is 0 Å². The van der Waals surface area contributed by atoms with Crippen molar-refractivity contribution in [3.8, 4) is 5.75 Å². The topological polar surface area (TPSA) is 113 Å². The predicted molar refractivity (Wildman–Crippen MR) is 117 cm³/mol. The second kappa shape index (κ2) is 10.8. The van der Waals surface area contributed by atoms with Gasteiger partial charge >= 0.3 is 0 Å². The summed E-state index contributed by atoms with van der Waals surface area (Å²) in [5, 5.41) is 20.1. The van der Waals surface area contributed by atoms with E-state index in [2.05, 4.69) is 0 Å². The second-order valence-electron chi connectivity index (χ2n) is 7.71. The summed E-state index contributed by atoms with van der Waals surface area (Å²) < 4.78 is 41.6. The first-order valence-electron chi connectivity index (χ1n) is 10.1. The van der Waals surface area contributed by atoms with Crippen molar-refractivity contribution < 1.29 is 32.7 Å². The molecular formula is C22H27ClO7S. The first kappa shape index (κ1) is 24.0. The Morgan fingerprint density at radius 1 is 1.13 bits per heavy atom. The van der Waals surface area contributed by atoms with Crippen LogP contribution >= 0.6 is 11.6 Å². The van der Waals surface area contributed by atoms with Gasteiger partial charge in [0.05, 0.1) is 37.3 Å². The molecule has 1 fully saturated rings. The van der Waals surface area contributed by atoms with Gasteiger partial charge in [-0.3, -0.25) is 4.55 Å². The van der Waals surface area contributed by atoms with Gasteiger partial charge in [0, 0.05) is 17.9 Å². The first-order valence-corrected chi connectivity index (χ1v) is 12.1.